The minimum Gasteiger partial charge on any atom is -0.481 e. The third-order valence-corrected chi connectivity index (χ3v) is 4.99. The van der Waals surface area contributed by atoms with E-state index in [1.165, 1.54) is 116 Å². The summed E-state index contributed by atoms with van der Waals surface area (Å²) >= 11 is 0. The van der Waals surface area contributed by atoms with Crippen LogP contribution >= 0.6 is 0 Å². The van der Waals surface area contributed by atoms with Crippen LogP contribution in [0.15, 0.2) is 0 Å². The van der Waals surface area contributed by atoms with Gasteiger partial charge in [-0.15, -0.1) is 0 Å². The average Bonchev–Trinajstić information content (AvgIpc) is 2.65. The number of unbranched alkanes of at least 4 members (excludes halogenated alkanes) is 18. The Morgan fingerprint density at radius 1 is 0.538 bits per heavy atom. The lowest BCUT2D eigenvalue weighted by Crippen LogP contribution is -1.93. The molecule has 0 unspecified atom stereocenters. The molecular formula is C23H49NO2. The average molecular weight is 372 g/mol. The van der Waals surface area contributed by atoms with Crippen LogP contribution in [0.5, 0.6) is 0 Å². The monoisotopic (exact) mass is 371 g/mol. The molecule has 0 aliphatic carbocycles. The van der Waals surface area contributed by atoms with E-state index in [9.17, 15) is 4.79 Å². The van der Waals surface area contributed by atoms with Crippen molar-refractivity contribution in [1.29, 1.82) is 0 Å². The third kappa shape index (κ3) is 28.2. The number of carboxylic acids is 1. The first-order valence-corrected chi connectivity index (χ1v) is 11.6. The van der Waals surface area contributed by atoms with Crippen LogP contribution in [0.4, 0.5) is 0 Å². The van der Waals surface area contributed by atoms with Crippen LogP contribution in [-0.4, -0.2) is 18.1 Å². The smallest absolute Gasteiger partial charge is 0.303 e. The molecular weight excluding hydrogens is 322 g/mol. The van der Waals surface area contributed by atoms with Gasteiger partial charge in [-0.25, -0.2) is 0 Å². The Balaban J connectivity index is 0. The number of nitrogens with two attached hydrogens (primary N) is 1. The summed E-state index contributed by atoms with van der Waals surface area (Å²) in [7, 11) is 1.50. The zero-order valence-electron chi connectivity index (χ0n) is 18.1. The highest BCUT2D eigenvalue weighted by molar-refractivity contribution is 5.66. The fourth-order valence-electron chi connectivity index (χ4n) is 3.35. The summed E-state index contributed by atoms with van der Waals surface area (Å²) in [6.07, 6.45) is 26.1. The highest BCUT2D eigenvalue weighted by Crippen LogP contribution is 2.14. The van der Waals surface area contributed by atoms with Crippen molar-refractivity contribution in [2.45, 2.75) is 135 Å². The van der Waals surface area contributed by atoms with E-state index in [1.54, 1.807) is 0 Å². The lowest BCUT2D eigenvalue weighted by Gasteiger charge is -2.03. The summed E-state index contributed by atoms with van der Waals surface area (Å²) in [6, 6.07) is 0. The Kier molecular flexibility index (Phi) is 28.3. The van der Waals surface area contributed by atoms with Gasteiger partial charge in [0.15, 0.2) is 0 Å². The molecule has 0 saturated carbocycles. The summed E-state index contributed by atoms with van der Waals surface area (Å²) in [5.41, 5.74) is 4.50. The SMILES string of the molecule is CCCCCCCCCCCCCCCCCCCCCC(=O)O.CN. The van der Waals surface area contributed by atoms with Crippen molar-refractivity contribution in [1.82, 2.24) is 0 Å². The maximum Gasteiger partial charge on any atom is 0.303 e. The Labute approximate surface area is 164 Å². The standard InChI is InChI=1S/C22H44O2.CH5N/c1-2-3-4-5-6-7-8-9-10-11-12-13-14-15-16-17-18-19-20-21-22(23)24;1-2/h2-21H2,1H3,(H,23,24);2H2,1H3. The molecule has 3 N–H and O–H groups in total. The van der Waals surface area contributed by atoms with Crippen LogP contribution in [0.1, 0.15) is 135 Å². The molecule has 3 heteroatoms. The first-order chi connectivity index (χ1) is 12.8. The maximum atomic E-state index is 10.4. The molecule has 0 spiro atoms. The van der Waals surface area contributed by atoms with Gasteiger partial charge in [-0.2, -0.15) is 0 Å². The van der Waals surface area contributed by atoms with Gasteiger partial charge in [-0.05, 0) is 13.5 Å². The molecule has 0 rings (SSSR count). The highest BCUT2D eigenvalue weighted by Gasteiger charge is 1.97. The molecule has 0 atom stereocenters. The Bertz CT molecular complexity index is 257. The van der Waals surface area contributed by atoms with Crippen LogP contribution < -0.4 is 5.73 Å². The second kappa shape index (κ2) is 26.7. The maximum absolute atomic E-state index is 10.4. The lowest BCUT2D eigenvalue weighted by atomic mass is 10.0. The molecule has 3 nitrogen and oxygen atoms in total. The third-order valence-electron chi connectivity index (χ3n) is 4.99. The van der Waals surface area contributed by atoms with Gasteiger partial charge in [0.1, 0.15) is 0 Å². The minimum atomic E-state index is -0.651. The molecule has 0 bridgehead atoms. The summed E-state index contributed by atoms with van der Waals surface area (Å²) in [5.74, 6) is -0.651. The number of rotatable bonds is 20. The molecule has 0 aromatic carbocycles. The second-order valence-electron chi connectivity index (χ2n) is 7.51. The first-order valence-electron chi connectivity index (χ1n) is 11.6. The zero-order valence-corrected chi connectivity index (χ0v) is 18.1. The zero-order chi connectivity index (χ0) is 19.7. The van der Waals surface area contributed by atoms with Crippen molar-refractivity contribution >= 4 is 5.97 Å². The largest absolute Gasteiger partial charge is 0.481 e. The van der Waals surface area contributed by atoms with Crippen LogP contribution in [-0.2, 0) is 4.79 Å². The van der Waals surface area contributed by atoms with Crippen LogP contribution in [0.3, 0.4) is 0 Å². The van der Waals surface area contributed by atoms with E-state index in [-0.39, 0.29) is 0 Å². The van der Waals surface area contributed by atoms with Crippen molar-refractivity contribution in [2.75, 3.05) is 7.05 Å². The van der Waals surface area contributed by atoms with Crippen molar-refractivity contribution in [2.24, 2.45) is 5.73 Å². The van der Waals surface area contributed by atoms with Gasteiger partial charge in [0, 0.05) is 6.42 Å². The van der Waals surface area contributed by atoms with Crippen molar-refractivity contribution < 1.29 is 9.90 Å². The van der Waals surface area contributed by atoms with E-state index in [1.807, 2.05) is 0 Å². The molecule has 0 heterocycles. The second-order valence-corrected chi connectivity index (χ2v) is 7.51. The number of carbonyl (C=O) groups is 1. The van der Waals surface area contributed by atoms with E-state index in [0.717, 1.165) is 12.8 Å². The van der Waals surface area contributed by atoms with Gasteiger partial charge in [-0.3, -0.25) is 4.79 Å². The first kappa shape index (κ1) is 27.6. The number of hydrogen-bond acceptors (Lipinski definition) is 2. The number of aliphatic carboxylic acids is 1. The molecule has 0 aliphatic heterocycles. The number of hydrogen-bond donors (Lipinski definition) is 2. The topological polar surface area (TPSA) is 63.3 Å². The quantitative estimate of drug-likeness (QED) is 0.218. The fourth-order valence-corrected chi connectivity index (χ4v) is 3.35. The summed E-state index contributed by atoms with van der Waals surface area (Å²) in [4.78, 5) is 10.4. The van der Waals surface area contributed by atoms with Gasteiger partial charge < -0.3 is 10.8 Å². The van der Waals surface area contributed by atoms with E-state index in [4.69, 9.17) is 5.11 Å². The van der Waals surface area contributed by atoms with Gasteiger partial charge in [0.05, 0.1) is 0 Å². The Hall–Kier alpha value is -0.570. The van der Waals surface area contributed by atoms with Gasteiger partial charge in [0.25, 0.3) is 0 Å². The van der Waals surface area contributed by atoms with Gasteiger partial charge >= 0.3 is 5.97 Å². The molecule has 0 radical (unpaired) electrons. The molecule has 26 heavy (non-hydrogen) atoms. The van der Waals surface area contributed by atoms with Gasteiger partial charge in [-0.1, -0.05) is 122 Å². The van der Waals surface area contributed by atoms with Crippen molar-refractivity contribution in [3.63, 3.8) is 0 Å². The summed E-state index contributed by atoms with van der Waals surface area (Å²) in [5, 5.41) is 8.56. The normalized spacial score (nSPS) is 10.4. The molecule has 0 amide bonds. The van der Waals surface area contributed by atoms with Gasteiger partial charge in [0.2, 0.25) is 0 Å². The van der Waals surface area contributed by atoms with E-state index < -0.39 is 5.97 Å². The molecule has 0 aromatic heterocycles. The molecule has 0 saturated heterocycles. The van der Waals surface area contributed by atoms with Crippen molar-refractivity contribution in [3.8, 4) is 0 Å². The lowest BCUT2D eigenvalue weighted by molar-refractivity contribution is -0.137. The fraction of sp³-hybridized carbons (Fsp3) is 0.957. The summed E-state index contributed by atoms with van der Waals surface area (Å²) in [6.45, 7) is 2.28. The molecule has 0 aliphatic rings. The van der Waals surface area contributed by atoms with Crippen molar-refractivity contribution in [3.05, 3.63) is 0 Å². The molecule has 0 fully saturated rings. The minimum absolute atomic E-state index is 0.346. The van der Waals surface area contributed by atoms with E-state index in [2.05, 4.69) is 12.7 Å². The predicted octanol–water partition coefficient (Wildman–Crippen LogP) is 7.47. The molecule has 0 aromatic rings. The van der Waals surface area contributed by atoms with E-state index >= 15 is 0 Å². The Morgan fingerprint density at radius 2 is 0.769 bits per heavy atom. The van der Waals surface area contributed by atoms with Crippen LogP contribution in [0, 0.1) is 0 Å². The molecule has 158 valence electrons. The highest BCUT2D eigenvalue weighted by atomic mass is 16.4. The Morgan fingerprint density at radius 3 is 1.00 bits per heavy atom. The van der Waals surface area contributed by atoms with Crippen LogP contribution in [0.25, 0.3) is 0 Å². The number of carboxylic acid groups (broad SMARTS) is 1. The van der Waals surface area contributed by atoms with E-state index in [0.29, 0.717) is 6.42 Å². The predicted molar refractivity (Wildman–Crippen MR) is 116 cm³/mol. The summed E-state index contributed by atoms with van der Waals surface area (Å²) < 4.78 is 0. The van der Waals surface area contributed by atoms with Crippen LogP contribution in [0.2, 0.25) is 0 Å².